The van der Waals surface area contributed by atoms with Crippen LogP contribution in [-0.2, 0) is 0 Å². The molecule has 8 nitrogen and oxygen atoms in total. The van der Waals surface area contributed by atoms with Crippen molar-refractivity contribution in [1.29, 1.82) is 0 Å². The van der Waals surface area contributed by atoms with Crippen LogP contribution in [0.25, 0.3) is 11.3 Å². The molecule has 0 unspecified atom stereocenters. The predicted octanol–water partition coefficient (Wildman–Crippen LogP) is 3.45. The third-order valence-corrected chi connectivity index (χ3v) is 5.31. The van der Waals surface area contributed by atoms with Crippen LogP contribution in [0.2, 0.25) is 0 Å². The van der Waals surface area contributed by atoms with Gasteiger partial charge in [0.05, 0.1) is 18.6 Å². The molecule has 162 valence electrons. The van der Waals surface area contributed by atoms with Gasteiger partial charge in [0.1, 0.15) is 11.4 Å². The van der Waals surface area contributed by atoms with Gasteiger partial charge in [-0.2, -0.15) is 5.10 Å². The van der Waals surface area contributed by atoms with Gasteiger partial charge < -0.3 is 19.0 Å². The third kappa shape index (κ3) is 4.79. The topological polar surface area (TPSA) is 91.7 Å². The number of ether oxygens (including phenoxy) is 1. The second kappa shape index (κ2) is 9.51. The number of aromatic nitrogens is 2. The molecule has 8 heteroatoms. The number of piperazine rings is 1. The number of nitrogens with one attached hydrogen (secondary N) is 1. The molecule has 0 radical (unpaired) electrons. The van der Waals surface area contributed by atoms with Crippen LogP contribution in [0.3, 0.4) is 0 Å². The zero-order valence-electron chi connectivity index (χ0n) is 17.5. The number of nitrogens with zero attached hydrogens (tertiary/aromatic N) is 3. The van der Waals surface area contributed by atoms with Crippen molar-refractivity contribution >= 4 is 11.8 Å². The molecule has 2 amide bonds. The molecule has 3 heterocycles. The van der Waals surface area contributed by atoms with Crippen LogP contribution in [0.4, 0.5) is 0 Å². The lowest BCUT2D eigenvalue weighted by molar-refractivity contribution is 0.0515. The summed E-state index contributed by atoms with van der Waals surface area (Å²) in [4.78, 5) is 28.7. The van der Waals surface area contributed by atoms with Crippen molar-refractivity contribution in [2.75, 3.05) is 32.8 Å². The van der Waals surface area contributed by atoms with Gasteiger partial charge in [-0.05, 0) is 48.9 Å². The zero-order chi connectivity index (χ0) is 21.6. The number of hydrogen-bond acceptors (Lipinski definition) is 5. The number of unbranched alkanes of at least 4 members (excludes halogenated alkanes) is 1. The van der Waals surface area contributed by atoms with Crippen molar-refractivity contribution in [2.24, 2.45) is 0 Å². The zero-order valence-corrected chi connectivity index (χ0v) is 17.5. The van der Waals surface area contributed by atoms with E-state index < -0.39 is 0 Å². The van der Waals surface area contributed by atoms with E-state index in [-0.39, 0.29) is 11.8 Å². The van der Waals surface area contributed by atoms with E-state index in [9.17, 15) is 9.59 Å². The van der Waals surface area contributed by atoms with Gasteiger partial charge in [-0.1, -0.05) is 13.3 Å². The molecule has 0 spiro atoms. The van der Waals surface area contributed by atoms with E-state index in [1.54, 1.807) is 28.0 Å². The van der Waals surface area contributed by atoms with Gasteiger partial charge in [0.2, 0.25) is 0 Å². The summed E-state index contributed by atoms with van der Waals surface area (Å²) in [6.07, 6.45) is 3.60. The summed E-state index contributed by atoms with van der Waals surface area (Å²) in [7, 11) is 0. The SMILES string of the molecule is CCCCOc1ccc(-c2cc(C(=O)N3CCN(C(=O)c4ccco4)CC3)[nH]n2)cc1. The summed E-state index contributed by atoms with van der Waals surface area (Å²) >= 11 is 0. The Morgan fingerprint density at radius 1 is 1.06 bits per heavy atom. The first-order chi connectivity index (χ1) is 15.2. The normalized spacial score (nSPS) is 14.0. The van der Waals surface area contributed by atoms with Crippen LogP contribution in [0.15, 0.2) is 53.1 Å². The average Bonchev–Trinajstić information content (AvgIpc) is 3.52. The molecule has 1 aliphatic heterocycles. The molecule has 1 saturated heterocycles. The maximum Gasteiger partial charge on any atom is 0.289 e. The minimum absolute atomic E-state index is 0.122. The summed E-state index contributed by atoms with van der Waals surface area (Å²) in [5.41, 5.74) is 2.05. The molecule has 0 atom stereocenters. The van der Waals surface area contributed by atoms with Gasteiger partial charge in [-0.3, -0.25) is 14.7 Å². The van der Waals surface area contributed by atoms with Crippen molar-refractivity contribution in [2.45, 2.75) is 19.8 Å². The van der Waals surface area contributed by atoms with Gasteiger partial charge >= 0.3 is 0 Å². The maximum atomic E-state index is 12.9. The van der Waals surface area contributed by atoms with Crippen molar-refractivity contribution in [1.82, 2.24) is 20.0 Å². The summed E-state index contributed by atoms with van der Waals surface area (Å²) in [5, 5.41) is 7.14. The van der Waals surface area contributed by atoms with Crippen LogP contribution in [-0.4, -0.2) is 64.6 Å². The van der Waals surface area contributed by atoms with E-state index in [1.165, 1.54) is 6.26 Å². The molecule has 1 aliphatic rings. The van der Waals surface area contributed by atoms with E-state index in [0.717, 1.165) is 24.2 Å². The number of aromatic amines is 1. The van der Waals surface area contributed by atoms with Crippen LogP contribution < -0.4 is 4.74 Å². The highest BCUT2D eigenvalue weighted by Crippen LogP contribution is 2.22. The van der Waals surface area contributed by atoms with Crippen LogP contribution in [0.5, 0.6) is 5.75 Å². The Balaban J connectivity index is 1.34. The van der Waals surface area contributed by atoms with Crippen LogP contribution in [0.1, 0.15) is 40.8 Å². The number of H-pyrrole nitrogens is 1. The Labute approximate surface area is 180 Å². The second-order valence-electron chi connectivity index (χ2n) is 7.45. The Hall–Kier alpha value is -3.55. The van der Waals surface area contributed by atoms with Crippen LogP contribution in [0, 0.1) is 0 Å². The minimum atomic E-state index is -0.150. The number of carbonyl (C=O) groups excluding carboxylic acids is 2. The Morgan fingerprint density at radius 2 is 1.77 bits per heavy atom. The summed E-state index contributed by atoms with van der Waals surface area (Å²) in [6.45, 7) is 4.69. The van der Waals surface area contributed by atoms with Crippen molar-refractivity contribution < 1.29 is 18.7 Å². The second-order valence-corrected chi connectivity index (χ2v) is 7.45. The van der Waals surface area contributed by atoms with Gasteiger partial charge in [-0.25, -0.2) is 0 Å². The Kier molecular flexibility index (Phi) is 6.35. The predicted molar refractivity (Wildman–Crippen MR) is 115 cm³/mol. The lowest BCUT2D eigenvalue weighted by Gasteiger charge is -2.34. The fraction of sp³-hybridized carbons (Fsp3) is 0.348. The first-order valence-corrected chi connectivity index (χ1v) is 10.6. The number of benzene rings is 1. The highest BCUT2D eigenvalue weighted by Gasteiger charge is 2.27. The fourth-order valence-corrected chi connectivity index (χ4v) is 3.47. The molecule has 4 rings (SSSR count). The van der Waals surface area contributed by atoms with E-state index >= 15 is 0 Å². The van der Waals surface area contributed by atoms with Crippen LogP contribution >= 0.6 is 0 Å². The number of hydrogen-bond donors (Lipinski definition) is 1. The molecule has 0 saturated carbocycles. The van der Waals surface area contributed by atoms with Gasteiger partial charge in [-0.15, -0.1) is 0 Å². The highest BCUT2D eigenvalue weighted by molar-refractivity contribution is 5.94. The van der Waals surface area contributed by atoms with Gasteiger partial charge in [0.15, 0.2) is 5.76 Å². The molecular formula is C23H26N4O4. The molecular weight excluding hydrogens is 396 g/mol. The van der Waals surface area contributed by atoms with E-state index in [2.05, 4.69) is 17.1 Å². The molecule has 31 heavy (non-hydrogen) atoms. The number of furan rings is 1. The lowest BCUT2D eigenvalue weighted by atomic mass is 10.1. The van der Waals surface area contributed by atoms with E-state index in [4.69, 9.17) is 9.15 Å². The van der Waals surface area contributed by atoms with Gasteiger partial charge in [0.25, 0.3) is 11.8 Å². The molecule has 0 bridgehead atoms. The summed E-state index contributed by atoms with van der Waals surface area (Å²) < 4.78 is 10.9. The largest absolute Gasteiger partial charge is 0.494 e. The van der Waals surface area contributed by atoms with Crippen molar-refractivity contribution in [3.63, 3.8) is 0 Å². The first kappa shape index (κ1) is 20.7. The molecule has 2 aromatic heterocycles. The van der Waals surface area contributed by atoms with Gasteiger partial charge in [0, 0.05) is 31.7 Å². The van der Waals surface area contributed by atoms with E-state index in [1.807, 2.05) is 24.3 Å². The monoisotopic (exact) mass is 422 g/mol. The Morgan fingerprint density at radius 3 is 2.42 bits per heavy atom. The third-order valence-electron chi connectivity index (χ3n) is 5.31. The van der Waals surface area contributed by atoms with E-state index in [0.29, 0.717) is 49.9 Å². The number of rotatable bonds is 7. The quantitative estimate of drug-likeness (QED) is 0.589. The minimum Gasteiger partial charge on any atom is -0.494 e. The summed E-state index contributed by atoms with van der Waals surface area (Å²) in [6, 6.07) is 12.8. The summed E-state index contributed by atoms with van der Waals surface area (Å²) in [5.74, 6) is 0.872. The molecule has 3 aromatic rings. The molecule has 1 N–H and O–H groups in total. The number of carbonyl (C=O) groups is 2. The lowest BCUT2D eigenvalue weighted by Crippen LogP contribution is -2.50. The maximum absolute atomic E-state index is 12.9. The smallest absolute Gasteiger partial charge is 0.289 e. The molecule has 1 aromatic carbocycles. The fourth-order valence-electron chi connectivity index (χ4n) is 3.47. The Bertz CT molecular complexity index is 1000. The molecule has 0 aliphatic carbocycles. The van der Waals surface area contributed by atoms with Crippen molar-refractivity contribution in [3.05, 3.63) is 60.2 Å². The highest BCUT2D eigenvalue weighted by atomic mass is 16.5. The average molecular weight is 422 g/mol. The standard InChI is InChI=1S/C23H26N4O4/c1-2-3-14-30-18-8-6-17(7-9-18)19-16-20(25-24-19)22(28)26-10-12-27(13-11-26)23(29)21-5-4-15-31-21/h4-9,15-16H,2-3,10-14H2,1H3,(H,24,25). The van der Waals surface area contributed by atoms with Crippen molar-refractivity contribution in [3.8, 4) is 17.0 Å². The molecule has 1 fully saturated rings. The number of amides is 2. The first-order valence-electron chi connectivity index (χ1n) is 10.6.